The second-order valence-corrected chi connectivity index (χ2v) is 4.72. The summed E-state index contributed by atoms with van der Waals surface area (Å²) in [6.45, 7) is 7.28. The first kappa shape index (κ1) is 13.0. The highest BCUT2D eigenvalue weighted by Gasteiger charge is 2.33. The molecule has 0 aliphatic carbocycles. The first-order chi connectivity index (χ1) is 7.51. The van der Waals surface area contributed by atoms with Crippen LogP contribution in [0.4, 0.5) is 0 Å². The molecule has 0 bridgehead atoms. The van der Waals surface area contributed by atoms with Gasteiger partial charge in [0.15, 0.2) is 0 Å². The van der Waals surface area contributed by atoms with Crippen molar-refractivity contribution in [1.29, 1.82) is 5.26 Å². The van der Waals surface area contributed by atoms with E-state index >= 15 is 0 Å². The number of likely N-dealkylation sites (N-methyl/N-ethyl adjacent to an activating group) is 1. The molecule has 0 saturated carbocycles. The molecule has 4 heteroatoms. The standard InChI is InChI=1S/C12H20N2O2/c1-4-14(8-10-6-5-7-16-10)11(15)12(2,3)9-13/h10H,4-8H2,1-3H3/t10-/m0/s1. The van der Waals surface area contributed by atoms with Gasteiger partial charge in [0.05, 0.1) is 12.2 Å². The van der Waals surface area contributed by atoms with Crippen molar-refractivity contribution in [3.63, 3.8) is 0 Å². The Kier molecular flexibility index (Phi) is 4.31. The van der Waals surface area contributed by atoms with Gasteiger partial charge in [-0.05, 0) is 33.6 Å². The molecule has 0 N–H and O–H groups in total. The third kappa shape index (κ3) is 2.96. The molecule has 1 saturated heterocycles. The lowest BCUT2D eigenvalue weighted by molar-refractivity contribution is -0.138. The van der Waals surface area contributed by atoms with Crippen LogP contribution in [0.15, 0.2) is 0 Å². The van der Waals surface area contributed by atoms with Crippen LogP contribution in [0.5, 0.6) is 0 Å². The van der Waals surface area contributed by atoms with Crippen LogP contribution in [0.25, 0.3) is 0 Å². The fourth-order valence-electron chi connectivity index (χ4n) is 1.83. The first-order valence-electron chi connectivity index (χ1n) is 5.83. The van der Waals surface area contributed by atoms with Gasteiger partial charge in [0.1, 0.15) is 5.41 Å². The van der Waals surface area contributed by atoms with Crippen LogP contribution in [0, 0.1) is 16.7 Å². The predicted molar refractivity (Wildman–Crippen MR) is 60.6 cm³/mol. The summed E-state index contributed by atoms with van der Waals surface area (Å²) in [5, 5.41) is 8.94. The topological polar surface area (TPSA) is 53.3 Å². The highest BCUT2D eigenvalue weighted by Crippen LogP contribution is 2.20. The van der Waals surface area contributed by atoms with Gasteiger partial charge in [-0.15, -0.1) is 0 Å². The summed E-state index contributed by atoms with van der Waals surface area (Å²) in [5.41, 5.74) is -0.936. The summed E-state index contributed by atoms with van der Waals surface area (Å²) < 4.78 is 5.50. The van der Waals surface area contributed by atoms with Gasteiger partial charge < -0.3 is 9.64 Å². The van der Waals surface area contributed by atoms with Crippen molar-refractivity contribution >= 4 is 5.91 Å². The average molecular weight is 224 g/mol. The van der Waals surface area contributed by atoms with Crippen molar-refractivity contribution in [2.45, 2.75) is 39.7 Å². The van der Waals surface area contributed by atoms with E-state index in [1.807, 2.05) is 13.0 Å². The Morgan fingerprint density at radius 3 is 2.75 bits per heavy atom. The molecule has 0 aromatic rings. The predicted octanol–water partition coefficient (Wildman–Crippen LogP) is 1.56. The van der Waals surface area contributed by atoms with Gasteiger partial charge in [-0.3, -0.25) is 4.79 Å². The number of hydrogen-bond donors (Lipinski definition) is 0. The summed E-state index contributed by atoms with van der Waals surface area (Å²) in [6.07, 6.45) is 2.23. The number of carbonyl (C=O) groups excluding carboxylic acids is 1. The Morgan fingerprint density at radius 1 is 1.62 bits per heavy atom. The second kappa shape index (κ2) is 5.31. The Morgan fingerprint density at radius 2 is 2.31 bits per heavy atom. The number of ether oxygens (including phenoxy) is 1. The summed E-state index contributed by atoms with van der Waals surface area (Å²) >= 11 is 0. The molecule has 1 aliphatic rings. The number of rotatable bonds is 4. The van der Waals surface area contributed by atoms with Crippen LogP contribution >= 0.6 is 0 Å². The maximum atomic E-state index is 12.1. The maximum Gasteiger partial charge on any atom is 0.242 e. The summed E-state index contributed by atoms with van der Waals surface area (Å²) in [4.78, 5) is 13.8. The molecule has 1 amide bonds. The molecule has 1 heterocycles. The fraction of sp³-hybridized carbons (Fsp3) is 0.833. The summed E-state index contributed by atoms with van der Waals surface area (Å²) in [6, 6.07) is 2.05. The Bertz CT molecular complexity index is 288. The van der Waals surface area contributed by atoms with E-state index in [4.69, 9.17) is 10.00 Å². The second-order valence-electron chi connectivity index (χ2n) is 4.72. The molecule has 0 unspecified atom stereocenters. The van der Waals surface area contributed by atoms with Crippen LogP contribution in [-0.2, 0) is 9.53 Å². The van der Waals surface area contributed by atoms with Gasteiger partial charge in [0.2, 0.25) is 5.91 Å². The SMILES string of the molecule is CCN(C[C@@H]1CCCO1)C(=O)C(C)(C)C#N. The number of nitriles is 1. The molecule has 1 fully saturated rings. The largest absolute Gasteiger partial charge is 0.376 e. The molecule has 0 aromatic heterocycles. The number of carbonyl (C=O) groups is 1. The summed E-state index contributed by atoms with van der Waals surface area (Å²) in [7, 11) is 0. The van der Waals surface area contributed by atoms with Crippen LogP contribution in [0.3, 0.4) is 0 Å². The van der Waals surface area contributed by atoms with E-state index in [0.29, 0.717) is 13.1 Å². The lowest BCUT2D eigenvalue weighted by Gasteiger charge is -2.28. The molecule has 0 aromatic carbocycles. The lowest BCUT2D eigenvalue weighted by Crippen LogP contribution is -2.43. The van der Waals surface area contributed by atoms with E-state index in [-0.39, 0.29) is 12.0 Å². The molecule has 4 nitrogen and oxygen atoms in total. The number of amides is 1. The fourth-order valence-corrected chi connectivity index (χ4v) is 1.83. The normalized spacial score (nSPS) is 20.5. The Balaban J connectivity index is 2.60. The van der Waals surface area contributed by atoms with Gasteiger partial charge in [-0.1, -0.05) is 0 Å². The van der Waals surface area contributed by atoms with Crippen molar-refractivity contribution in [3.8, 4) is 6.07 Å². The Labute approximate surface area is 97.2 Å². The van der Waals surface area contributed by atoms with Gasteiger partial charge in [-0.2, -0.15) is 5.26 Å². The van der Waals surface area contributed by atoms with Gasteiger partial charge in [0.25, 0.3) is 0 Å². The molecule has 16 heavy (non-hydrogen) atoms. The van der Waals surface area contributed by atoms with Crippen molar-refractivity contribution < 1.29 is 9.53 Å². The van der Waals surface area contributed by atoms with Crippen molar-refractivity contribution in [2.24, 2.45) is 5.41 Å². The maximum absolute atomic E-state index is 12.1. The van der Waals surface area contributed by atoms with E-state index in [1.54, 1.807) is 18.7 Å². The number of hydrogen-bond acceptors (Lipinski definition) is 3. The minimum atomic E-state index is -0.936. The van der Waals surface area contributed by atoms with Crippen LogP contribution in [0.1, 0.15) is 33.6 Å². The van der Waals surface area contributed by atoms with Gasteiger partial charge in [-0.25, -0.2) is 0 Å². The van der Waals surface area contributed by atoms with Gasteiger partial charge >= 0.3 is 0 Å². The monoisotopic (exact) mass is 224 g/mol. The van der Waals surface area contributed by atoms with Gasteiger partial charge in [0, 0.05) is 19.7 Å². The van der Waals surface area contributed by atoms with E-state index < -0.39 is 5.41 Å². The highest BCUT2D eigenvalue weighted by atomic mass is 16.5. The first-order valence-corrected chi connectivity index (χ1v) is 5.83. The Hall–Kier alpha value is -1.08. The molecular weight excluding hydrogens is 204 g/mol. The van der Waals surface area contributed by atoms with E-state index in [9.17, 15) is 4.79 Å². The minimum Gasteiger partial charge on any atom is -0.376 e. The van der Waals surface area contributed by atoms with Crippen molar-refractivity contribution in [2.75, 3.05) is 19.7 Å². The third-order valence-corrected chi connectivity index (χ3v) is 2.93. The van der Waals surface area contributed by atoms with Crippen LogP contribution in [0.2, 0.25) is 0 Å². The zero-order chi connectivity index (χ0) is 12.2. The highest BCUT2D eigenvalue weighted by molar-refractivity contribution is 5.84. The molecule has 0 radical (unpaired) electrons. The molecule has 90 valence electrons. The van der Waals surface area contributed by atoms with E-state index in [2.05, 4.69) is 0 Å². The van der Waals surface area contributed by atoms with Crippen LogP contribution < -0.4 is 0 Å². The molecule has 0 spiro atoms. The quantitative estimate of drug-likeness (QED) is 0.728. The van der Waals surface area contributed by atoms with E-state index in [0.717, 1.165) is 19.4 Å². The van der Waals surface area contributed by atoms with Crippen molar-refractivity contribution in [3.05, 3.63) is 0 Å². The molecule has 1 rings (SSSR count). The molecule has 1 aliphatic heterocycles. The zero-order valence-corrected chi connectivity index (χ0v) is 10.3. The molecular formula is C12H20N2O2. The van der Waals surface area contributed by atoms with E-state index in [1.165, 1.54) is 0 Å². The minimum absolute atomic E-state index is 0.104. The smallest absolute Gasteiger partial charge is 0.242 e. The lowest BCUT2D eigenvalue weighted by atomic mass is 9.93. The zero-order valence-electron chi connectivity index (χ0n) is 10.3. The van der Waals surface area contributed by atoms with Crippen LogP contribution in [-0.4, -0.2) is 36.6 Å². The summed E-state index contributed by atoms with van der Waals surface area (Å²) in [5.74, 6) is -0.104. The average Bonchev–Trinajstić information content (AvgIpc) is 2.77. The molecule has 1 atom stereocenters. The van der Waals surface area contributed by atoms with Crippen molar-refractivity contribution in [1.82, 2.24) is 4.90 Å². The number of nitrogens with zero attached hydrogens (tertiary/aromatic N) is 2. The third-order valence-electron chi connectivity index (χ3n) is 2.93.